The highest BCUT2D eigenvalue weighted by atomic mass is 16.1. The molecule has 3 aromatic heterocycles. The fraction of sp³-hybridized carbons (Fsp3) is 0.438. The van der Waals surface area contributed by atoms with Crippen LogP contribution in [0.25, 0.3) is 11.2 Å². The topological polar surface area (TPSA) is 85.0 Å². The van der Waals surface area contributed by atoms with Crippen LogP contribution in [0.5, 0.6) is 0 Å². The molecular weight excluding hydrogens is 320 g/mol. The van der Waals surface area contributed by atoms with Crippen LogP contribution in [-0.2, 0) is 13.6 Å². The third-order valence-electron chi connectivity index (χ3n) is 4.59. The summed E-state index contributed by atoms with van der Waals surface area (Å²) >= 11 is 0. The zero-order chi connectivity index (χ0) is 17.4. The summed E-state index contributed by atoms with van der Waals surface area (Å²) in [6.07, 6.45) is 4.97. The van der Waals surface area contributed by atoms with Crippen molar-refractivity contribution in [1.82, 2.24) is 29.1 Å². The van der Waals surface area contributed by atoms with Gasteiger partial charge in [0.2, 0.25) is 0 Å². The second-order valence-corrected chi connectivity index (χ2v) is 6.07. The van der Waals surface area contributed by atoms with E-state index in [-0.39, 0.29) is 5.56 Å². The normalized spacial score (nSPS) is 15.1. The van der Waals surface area contributed by atoms with Crippen LogP contribution >= 0.6 is 0 Å². The molecule has 0 N–H and O–H groups in total. The average Bonchev–Trinajstić information content (AvgIpc) is 3.07. The summed E-state index contributed by atoms with van der Waals surface area (Å²) in [6, 6.07) is 1.58. The van der Waals surface area contributed by atoms with E-state index in [1.165, 1.54) is 4.57 Å². The minimum absolute atomic E-state index is 0.0463. The van der Waals surface area contributed by atoms with Crippen LogP contribution in [0.3, 0.4) is 0 Å². The van der Waals surface area contributed by atoms with E-state index in [9.17, 15) is 4.79 Å². The largest absolute Gasteiger partial charge is 0.353 e. The number of nitrogens with zero attached hydrogens (tertiary/aromatic N) is 8. The minimum atomic E-state index is -0.0463. The van der Waals surface area contributed by atoms with E-state index in [1.807, 2.05) is 10.9 Å². The molecule has 0 bridgehead atoms. The van der Waals surface area contributed by atoms with Crippen molar-refractivity contribution in [1.29, 1.82) is 0 Å². The average molecular weight is 340 g/mol. The predicted octanol–water partition coefficient (Wildman–Crippen LogP) is 0.266. The number of fused-ring (bicyclic) bond motifs is 1. The Hall–Kier alpha value is -2.97. The van der Waals surface area contributed by atoms with Crippen molar-refractivity contribution in [3.63, 3.8) is 0 Å². The van der Waals surface area contributed by atoms with Crippen LogP contribution in [-0.4, -0.2) is 55.2 Å². The summed E-state index contributed by atoms with van der Waals surface area (Å²) in [7, 11) is 1.70. The van der Waals surface area contributed by atoms with Crippen molar-refractivity contribution in [2.75, 3.05) is 36.0 Å². The van der Waals surface area contributed by atoms with Gasteiger partial charge in [-0.2, -0.15) is 0 Å². The molecule has 0 radical (unpaired) electrons. The van der Waals surface area contributed by atoms with Gasteiger partial charge in [-0.25, -0.2) is 19.9 Å². The van der Waals surface area contributed by atoms with Gasteiger partial charge in [0.05, 0.1) is 12.7 Å². The van der Waals surface area contributed by atoms with Crippen LogP contribution in [0.4, 0.5) is 11.6 Å². The van der Waals surface area contributed by atoms with Crippen molar-refractivity contribution < 1.29 is 0 Å². The molecule has 0 amide bonds. The molecule has 0 saturated carbocycles. The number of piperazine rings is 1. The molecule has 9 nitrogen and oxygen atoms in total. The first kappa shape index (κ1) is 15.6. The van der Waals surface area contributed by atoms with E-state index in [1.54, 1.807) is 25.8 Å². The van der Waals surface area contributed by atoms with Crippen molar-refractivity contribution in [2.45, 2.75) is 13.5 Å². The first-order valence-corrected chi connectivity index (χ1v) is 8.35. The SMILES string of the molecule is CCn1cnc2c(N3CCN(c4cc(=O)n(C)cn4)CC3)ncnc21. The molecule has 0 aliphatic carbocycles. The number of aromatic nitrogens is 6. The molecule has 0 aromatic carbocycles. The molecule has 0 spiro atoms. The number of imidazole rings is 1. The molecule has 9 heteroatoms. The van der Waals surface area contributed by atoms with Gasteiger partial charge in [0.25, 0.3) is 5.56 Å². The lowest BCUT2D eigenvalue weighted by Gasteiger charge is -2.35. The molecule has 4 rings (SSSR count). The molecule has 25 heavy (non-hydrogen) atoms. The van der Waals surface area contributed by atoms with Gasteiger partial charge in [0.1, 0.15) is 12.1 Å². The fourth-order valence-corrected chi connectivity index (χ4v) is 3.10. The molecule has 1 aliphatic rings. The number of aryl methyl sites for hydroxylation is 2. The van der Waals surface area contributed by atoms with Crippen LogP contribution in [0.15, 0.2) is 29.8 Å². The fourth-order valence-electron chi connectivity index (χ4n) is 3.10. The van der Waals surface area contributed by atoms with Crippen LogP contribution in [0.1, 0.15) is 6.92 Å². The first-order valence-electron chi connectivity index (χ1n) is 8.35. The Balaban J connectivity index is 1.55. The molecule has 3 aromatic rings. The van der Waals surface area contributed by atoms with Crippen LogP contribution < -0.4 is 15.4 Å². The highest BCUT2D eigenvalue weighted by molar-refractivity contribution is 5.83. The standard InChI is InChI=1S/C16H20N8O/c1-3-22-11-20-14-15(22)17-9-18-16(14)24-6-4-23(5-7-24)12-8-13(25)21(2)10-19-12/h8-11H,3-7H2,1-2H3. The molecule has 0 atom stereocenters. The van der Waals surface area contributed by atoms with E-state index in [4.69, 9.17) is 0 Å². The third-order valence-corrected chi connectivity index (χ3v) is 4.59. The number of hydrogen-bond acceptors (Lipinski definition) is 7. The monoisotopic (exact) mass is 340 g/mol. The smallest absolute Gasteiger partial charge is 0.255 e. The maximum atomic E-state index is 11.8. The maximum absolute atomic E-state index is 11.8. The Morgan fingerprint density at radius 1 is 1.00 bits per heavy atom. The predicted molar refractivity (Wildman–Crippen MR) is 94.9 cm³/mol. The summed E-state index contributed by atoms with van der Waals surface area (Å²) < 4.78 is 3.49. The van der Waals surface area contributed by atoms with Crippen LogP contribution in [0.2, 0.25) is 0 Å². The number of anilines is 2. The first-order chi connectivity index (χ1) is 12.2. The third kappa shape index (κ3) is 2.71. The van der Waals surface area contributed by atoms with E-state index < -0.39 is 0 Å². The van der Waals surface area contributed by atoms with E-state index in [2.05, 4.69) is 36.7 Å². The summed E-state index contributed by atoms with van der Waals surface area (Å²) in [6.45, 7) is 6.04. The van der Waals surface area contributed by atoms with Crippen molar-refractivity contribution in [2.24, 2.45) is 7.05 Å². The van der Waals surface area contributed by atoms with Gasteiger partial charge in [-0.15, -0.1) is 0 Å². The summed E-state index contributed by atoms with van der Waals surface area (Å²) in [5, 5.41) is 0. The second kappa shape index (κ2) is 6.15. The molecule has 1 aliphatic heterocycles. The molecule has 130 valence electrons. The Bertz CT molecular complexity index is 954. The lowest BCUT2D eigenvalue weighted by molar-refractivity contribution is 0.639. The summed E-state index contributed by atoms with van der Waals surface area (Å²) in [4.78, 5) is 33.8. The van der Waals surface area contributed by atoms with Gasteiger partial charge in [0, 0.05) is 45.8 Å². The highest BCUT2D eigenvalue weighted by Crippen LogP contribution is 2.23. The maximum Gasteiger partial charge on any atom is 0.255 e. The summed E-state index contributed by atoms with van der Waals surface area (Å²) in [5.74, 6) is 1.60. The Morgan fingerprint density at radius 2 is 1.76 bits per heavy atom. The van der Waals surface area contributed by atoms with E-state index >= 15 is 0 Å². The number of hydrogen-bond donors (Lipinski definition) is 0. The molecule has 4 heterocycles. The minimum Gasteiger partial charge on any atom is -0.353 e. The molecular formula is C16H20N8O. The molecule has 0 unspecified atom stereocenters. The lowest BCUT2D eigenvalue weighted by Crippen LogP contribution is -2.47. The Labute approximate surface area is 144 Å². The Kier molecular flexibility index (Phi) is 3.83. The molecule has 1 fully saturated rings. The van der Waals surface area contributed by atoms with Gasteiger partial charge < -0.3 is 18.9 Å². The van der Waals surface area contributed by atoms with E-state index in [0.29, 0.717) is 0 Å². The summed E-state index contributed by atoms with van der Waals surface area (Å²) in [5.41, 5.74) is 1.66. The van der Waals surface area contributed by atoms with Gasteiger partial charge in [-0.3, -0.25) is 4.79 Å². The van der Waals surface area contributed by atoms with Gasteiger partial charge in [-0.1, -0.05) is 0 Å². The van der Waals surface area contributed by atoms with Gasteiger partial charge >= 0.3 is 0 Å². The van der Waals surface area contributed by atoms with E-state index in [0.717, 1.165) is 55.5 Å². The second-order valence-electron chi connectivity index (χ2n) is 6.07. The number of rotatable bonds is 3. The zero-order valence-corrected chi connectivity index (χ0v) is 14.3. The van der Waals surface area contributed by atoms with Crippen LogP contribution in [0, 0.1) is 0 Å². The van der Waals surface area contributed by atoms with Crippen molar-refractivity contribution in [3.8, 4) is 0 Å². The van der Waals surface area contributed by atoms with Crippen molar-refractivity contribution >= 4 is 22.8 Å². The van der Waals surface area contributed by atoms with Crippen molar-refractivity contribution in [3.05, 3.63) is 35.4 Å². The lowest BCUT2D eigenvalue weighted by atomic mass is 10.3. The van der Waals surface area contributed by atoms with Gasteiger partial charge in [-0.05, 0) is 6.92 Å². The highest BCUT2D eigenvalue weighted by Gasteiger charge is 2.22. The Morgan fingerprint density at radius 3 is 2.48 bits per heavy atom. The van der Waals surface area contributed by atoms with Gasteiger partial charge in [0.15, 0.2) is 17.0 Å². The quantitative estimate of drug-likeness (QED) is 0.676. The molecule has 1 saturated heterocycles. The zero-order valence-electron chi connectivity index (χ0n) is 14.3.